The fourth-order valence-corrected chi connectivity index (χ4v) is 3.02. The second-order valence-electron chi connectivity index (χ2n) is 5.61. The summed E-state index contributed by atoms with van der Waals surface area (Å²) < 4.78 is 5.40. The second-order valence-corrected chi connectivity index (χ2v) is 5.61. The van der Waals surface area contributed by atoms with E-state index in [4.69, 9.17) is 10.5 Å². The van der Waals surface area contributed by atoms with Gasteiger partial charge in [0.25, 0.3) is 0 Å². The molecule has 0 amide bonds. The van der Waals surface area contributed by atoms with Crippen molar-refractivity contribution >= 4 is 10.8 Å². The number of aliphatic hydroxyl groups is 1. The molecule has 3 N–H and O–H groups in total. The molecule has 2 atom stereocenters. The summed E-state index contributed by atoms with van der Waals surface area (Å²) in [5.74, 6) is 1.19. The van der Waals surface area contributed by atoms with Gasteiger partial charge in [0.15, 0.2) is 0 Å². The molecule has 1 aliphatic carbocycles. The van der Waals surface area contributed by atoms with Crippen LogP contribution < -0.4 is 10.5 Å². The van der Waals surface area contributed by atoms with Crippen molar-refractivity contribution in [3.8, 4) is 5.75 Å². The van der Waals surface area contributed by atoms with Crippen LogP contribution in [0.3, 0.4) is 0 Å². The van der Waals surface area contributed by atoms with Gasteiger partial charge < -0.3 is 15.6 Å². The number of aliphatic hydroxyl groups excluding tert-OH is 1. The van der Waals surface area contributed by atoms with E-state index < -0.39 is 6.10 Å². The number of ether oxygens (including phenoxy) is 1. The fraction of sp³-hybridized carbons (Fsp3) is 0.412. The Labute approximate surface area is 119 Å². The molecule has 0 radical (unpaired) electrons. The first-order valence-corrected chi connectivity index (χ1v) is 7.21. The highest BCUT2D eigenvalue weighted by molar-refractivity contribution is 5.91. The van der Waals surface area contributed by atoms with Crippen molar-refractivity contribution in [3.05, 3.63) is 42.0 Å². The number of fused-ring (bicyclic) bond motifs is 1. The molecule has 0 spiro atoms. The summed E-state index contributed by atoms with van der Waals surface area (Å²) in [6, 6.07) is 11.6. The summed E-state index contributed by atoms with van der Waals surface area (Å²) >= 11 is 0. The highest BCUT2D eigenvalue weighted by atomic mass is 16.5. The van der Waals surface area contributed by atoms with E-state index in [1.165, 1.54) is 6.42 Å². The zero-order valence-corrected chi connectivity index (χ0v) is 11.8. The van der Waals surface area contributed by atoms with Crippen molar-refractivity contribution in [3.63, 3.8) is 0 Å². The van der Waals surface area contributed by atoms with E-state index in [1.54, 1.807) is 7.11 Å². The Kier molecular flexibility index (Phi) is 3.64. The molecular weight excluding hydrogens is 250 g/mol. The molecule has 0 aliphatic heterocycles. The molecule has 2 aromatic carbocycles. The van der Waals surface area contributed by atoms with E-state index in [2.05, 4.69) is 0 Å². The molecule has 0 saturated heterocycles. The van der Waals surface area contributed by atoms with Gasteiger partial charge in [0, 0.05) is 5.39 Å². The average Bonchev–Trinajstić information content (AvgIpc) is 2.43. The van der Waals surface area contributed by atoms with Gasteiger partial charge in [-0.15, -0.1) is 0 Å². The summed E-state index contributed by atoms with van der Waals surface area (Å²) in [5, 5.41) is 12.5. The van der Waals surface area contributed by atoms with Crippen LogP contribution in [0.1, 0.15) is 30.9 Å². The van der Waals surface area contributed by atoms with E-state index in [1.807, 2.05) is 36.4 Å². The molecule has 106 valence electrons. The predicted octanol–water partition coefficient (Wildman–Crippen LogP) is 3.01. The topological polar surface area (TPSA) is 55.5 Å². The highest BCUT2D eigenvalue weighted by Gasteiger charge is 2.31. The van der Waals surface area contributed by atoms with Crippen LogP contribution in [0.4, 0.5) is 0 Å². The average molecular weight is 271 g/mol. The van der Waals surface area contributed by atoms with Gasteiger partial charge >= 0.3 is 0 Å². The normalized spacial score (nSPS) is 18.6. The maximum atomic E-state index is 10.4. The van der Waals surface area contributed by atoms with Crippen molar-refractivity contribution in [2.45, 2.75) is 31.4 Å². The SMILES string of the molecule is COc1ccc([C@@H](N)[C@@H](O)C2CCC2)c2ccccc12. The summed E-state index contributed by atoms with van der Waals surface area (Å²) in [4.78, 5) is 0. The van der Waals surface area contributed by atoms with Crippen molar-refractivity contribution in [2.24, 2.45) is 11.7 Å². The standard InChI is InChI=1S/C17H21NO2/c1-20-15-10-9-14(12-7-2-3-8-13(12)15)16(18)17(19)11-5-4-6-11/h2-3,7-11,16-17,19H,4-6,18H2,1H3/t16-,17+/m1/s1. The van der Waals surface area contributed by atoms with Crippen molar-refractivity contribution in [1.29, 1.82) is 0 Å². The molecule has 1 fully saturated rings. The molecule has 3 nitrogen and oxygen atoms in total. The van der Waals surface area contributed by atoms with Crippen LogP contribution in [0.15, 0.2) is 36.4 Å². The minimum absolute atomic E-state index is 0.337. The molecule has 0 heterocycles. The Balaban J connectivity index is 2.02. The minimum atomic E-state index is -0.458. The number of rotatable bonds is 4. The fourth-order valence-electron chi connectivity index (χ4n) is 3.02. The van der Waals surface area contributed by atoms with Gasteiger partial charge in [0.1, 0.15) is 5.75 Å². The largest absolute Gasteiger partial charge is 0.496 e. The second kappa shape index (κ2) is 5.43. The van der Waals surface area contributed by atoms with E-state index in [0.29, 0.717) is 5.92 Å². The molecule has 1 saturated carbocycles. The van der Waals surface area contributed by atoms with Gasteiger partial charge in [-0.2, -0.15) is 0 Å². The van der Waals surface area contributed by atoms with Gasteiger partial charge in [0.05, 0.1) is 19.3 Å². The summed E-state index contributed by atoms with van der Waals surface area (Å²) in [6.07, 6.45) is 2.92. The Morgan fingerprint density at radius 2 is 1.85 bits per heavy atom. The van der Waals surface area contributed by atoms with E-state index in [0.717, 1.165) is 34.9 Å². The molecule has 3 heteroatoms. The lowest BCUT2D eigenvalue weighted by Gasteiger charge is -2.34. The minimum Gasteiger partial charge on any atom is -0.496 e. The molecule has 1 aliphatic rings. The Morgan fingerprint density at radius 1 is 1.15 bits per heavy atom. The Bertz CT molecular complexity index is 607. The highest BCUT2D eigenvalue weighted by Crippen LogP contribution is 2.37. The molecule has 0 bridgehead atoms. The van der Waals surface area contributed by atoms with Crippen LogP contribution >= 0.6 is 0 Å². The van der Waals surface area contributed by atoms with E-state index >= 15 is 0 Å². The van der Waals surface area contributed by atoms with Gasteiger partial charge in [-0.05, 0) is 35.8 Å². The Morgan fingerprint density at radius 3 is 2.45 bits per heavy atom. The molecule has 0 unspecified atom stereocenters. The number of hydrogen-bond acceptors (Lipinski definition) is 3. The molecule has 2 aromatic rings. The molecule has 0 aromatic heterocycles. The van der Waals surface area contributed by atoms with E-state index in [-0.39, 0.29) is 6.04 Å². The lowest BCUT2D eigenvalue weighted by atomic mass is 9.77. The van der Waals surface area contributed by atoms with Crippen LogP contribution in [0.2, 0.25) is 0 Å². The third kappa shape index (κ3) is 2.17. The van der Waals surface area contributed by atoms with Gasteiger partial charge in [-0.3, -0.25) is 0 Å². The Hall–Kier alpha value is -1.58. The maximum absolute atomic E-state index is 10.4. The third-order valence-corrected chi connectivity index (χ3v) is 4.50. The monoisotopic (exact) mass is 271 g/mol. The smallest absolute Gasteiger partial charge is 0.126 e. The first kappa shape index (κ1) is 13.4. The first-order valence-electron chi connectivity index (χ1n) is 7.21. The van der Waals surface area contributed by atoms with Crippen LogP contribution in [0, 0.1) is 5.92 Å². The predicted molar refractivity (Wildman–Crippen MR) is 80.8 cm³/mol. The lowest BCUT2D eigenvalue weighted by Crippen LogP contribution is -2.36. The van der Waals surface area contributed by atoms with Crippen molar-refractivity contribution < 1.29 is 9.84 Å². The van der Waals surface area contributed by atoms with Crippen molar-refractivity contribution in [2.75, 3.05) is 7.11 Å². The molecular formula is C17H21NO2. The van der Waals surface area contributed by atoms with Gasteiger partial charge in [-0.25, -0.2) is 0 Å². The zero-order chi connectivity index (χ0) is 14.1. The summed E-state index contributed by atoms with van der Waals surface area (Å²) in [5.41, 5.74) is 7.32. The van der Waals surface area contributed by atoms with Gasteiger partial charge in [0.2, 0.25) is 0 Å². The maximum Gasteiger partial charge on any atom is 0.126 e. The molecule has 3 rings (SSSR count). The third-order valence-electron chi connectivity index (χ3n) is 4.50. The lowest BCUT2D eigenvalue weighted by molar-refractivity contribution is 0.0417. The number of benzene rings is 2. The van der Waals surface area contributed by atoms with Crippen LogP contribution in [0.5, 0.6) is 5.75 Å². The number of nitrogens with two attached hydrogens (primary N) is 1. The zero-order valence-electron chi connectivity index (χ0n) is 11.8. The van der Waals surface area contributed by atoms with Crippen LogP contribution in [-0.2, 0) is 0 Å². The van der Waals surface area contributed by atoms with Gasteiger partial charge in [-0.1, -0.05) is 36.8 Å². The van der Waals surface area contributed by atoms with E-state index in [9.17, 15) is 5.11 Å². The quantitative estimate of drug-likeness (QED) is 0.898. The summed E-state index contributed by atoms with van der Waals surface area (Å²) in [6.45, 7) is 0. The number of methoxy groups -OCH3 is 1. The molecule has 20 heavy (non-hydrogen) atoms. The summed E-state index contributed by atoms with van der Waals surface area (Å²) in [7, 11) is 1.67. The number of hydrogen-bond donors (Lipinski definition) is 2. The van der Waals surface area contributed by atoms with Crippen LogP contribution in [0.25, 0.3) is 10.8 Å². The van der Waals surface area contributed by atoms with Crippen LogP contribution in [-0.4, -0.2) is 18.3 Å². The van der Waals surface area contributed by atoms with Crippen molar-refractivity contribution in [1.82, 2.24) is 0 Å². The first-order chi connectivity index (χ1) is 9.72.